The Hall–Kier alpha value is -6.83. The minimum Gasteiger partial charge on any atom is -0.507 e. The van der Waals surface area contributed by atoms with Gasteiger partial charge in [0.25, 0.3) is 0 Å². The minimum atomic E-state index is -1.51. The van der Waals surface area contributed by atoms with Gasteiger partial charge in [-0.25, -0.2) is 9.78 Å². The average Bonchev–Trinajstić information content (AvgIpc) is 3.73. The number of pyridine rings is 1. The number of rotatable bonds is 10. The Bertz CT molecular complexity index is 3570. The Morgan fingerprint density at radius 1 is 0.672 bits per heavy atom. The molecule has 2 N–H and O–H groups in total. The quantitative estimate of drug-likeness (QED) is 0.105. The van der Waals surface area contributed by atoms with Gasteiger partial charge in [-0.05, 0) is 139 Å². The number of fused-ring (bicyclic) bond motifs is 1. The molecule has 0 radical (unpaired) electrons. The van der Waals surface area contributed by atoms with Crippen molar-refractivity contribution >= 4 is 17.0 Å². The number of phenolic OH excluding ortho intramolecular Hbond substituents is 1. The fourth-order valence-corrected chi connectivity index (χ4v) is 8.32. The van der Waals surface area contributed by atoms with Gasteiger partial charge in [0.1, 0.15) is 11.6 Å². The maximum atomic E-state index is 12.4. The van der Waals surface area contributed by atoms with Crippen LogP contribution in [0, 0.1) is 0 Å². The third-order valence-corrected chi connectivity index (χ3v) is 12.4. The highest BCUT2D eigenvalue weighted by atomic mass is 17.1. The Morgan fingerprint density at radius 2 is 1.34 bits per heavy atom. The highest BCUT2D eigenvalue weighted by Crippen LogP contribution is 2.45. The van der Waals surface area contributed by atoms with Gasteiger partial charge in [-0.2, -0.15) is 5.26 Å². The van der Waals surface area contributed by atoms with Crippen LogP contribution in [0.4, 0.5) is 0 Å². The van der Waals surface area contributed by atoms with Crippen LogP contribution in [0.1, 0.15) is 150 Å². The zero-order valence-corrected chi connectivity index (χ0v) is 40.4. The summed E-state index contributed by atoms with van der Waals surface area (Å²) in [5.74, 6) is -1.76. The molecular weight excluding hydrogens is 827 g/mol. The fraction of sp³-hybridized carbons (Fsp3) is 0.283. The predicted molar refractivity (Wildman–Crippen MR) is 275 cm³/mol. The van der Waals surface area contributed by atoms with E-state index in [-0.39, 0.29) is 28.7 Å². The van der Waals surface area contributed by atoms with E-state index in [4.69, 9.17) is 19.8 Å². The zero-order valence-electron chi connectivity index (χ0n) is 48.4. The lowest BCUT2D eigenvalue weighted by Gasteiger charge is -2.22. The average molecular weight is 898 g/mol. The van der Waals surface area contributed by atoms with Gasteiger partial charge in [0.15, 0.2) is 0 Å². The molecule has 8 aromatic rings. The van der Waals surface area contributed by atoms with Crippen molar-refractivity contribution in [2.75, 3.05) is 0 Å². The predicted octanol–water partition coefficient (Wildman–Crippen LogP) is 16.1. The van der Waals surface area contributed by atoms with E-state index < -0.39 is 76.4 Å². The van der Waals surface area contributed by atoms with Gasteiger partial charge < -0.3 is 5.11 Å². The maximum absolute atomic E-state index is 12.4. The third-order valence-electron chi connectivity index (χ3n) is 12.4. The molecule has 8 rings (SSSR count). The van der Waals surface area contributed by atoms with Crippen molar-refractivity contribution in [2.24, 2.45) is 0 Å². The van der Waals surface area contributed by atoms with E-state index in [1.165, 1.54) is 5.56 Å². The van der Waals surface area contributed by atoms with Crippen LogP contribution in [0.15, 0.2) is 133 Å². The molecule has 2 heterocycles. The van der Waals surface area contributed by atoms with E-state index in [0.29, 0.717) is 39.1 Å². The van der Waals surface area contributed by atoms with Gasteiger partial charge in [-0.15, -0.1) is 0 Å². The lowest BCUT2D eigenvalue weighted by atomic mass is 9.83. The Labute approximate surface area is 407 Å². The molecule has 0 aliphatic carbocycles. The maximum Gasteiger partial charge on any atom is 0.372 e. The Kier molecular flexibility index (Phi) is 10.1. The van der Waals surface area contributed by atoms with Crippen molar-refractivity contribution in [1.82, 2.24) is 14.5 Å². The summed E-state index contributed by atoms with van der Waals surface area (Å²) in [5.41, 5.74) is 8.32. The number of benzene rings is 6. The lowest BCUT2D eigenvalue weighted by molar-refractivity contribution is -0.182. The molecule has 2 aromatic heterocycles. The summed E-state index contributed by atoms with van der Waals surface area (Å²) in [6, 6.07) is 25.9. The van der Waals surface area contributed by atoms with Gasteiger partial charge >= 0.3 is 5.97 Å². The first-order valence-electron chi connectivity index (χ1n) is 26.7. The molecular formula is C60H63N3O4. The number of hydrogen-bond donors (Lipinski definition) is 2. The largest absolute Gasteiger partial charge is 0.507 e. The summed E-state index contributed by atoms with van der Waals surface area (Å²) < 4.78 is 73.4. The topological polar surface area (TPSA) is 97.5 Å². The zero-order chi connectivity index (χ0) is 55.1. The molecule has 7 heteroatoms. The van der Waals surface area contributed by atoms with Gasteiger partial charge in [-0.1, -0.05) is 150 Å². The number of aromatic nitrogens is 3. The first-order chi connectivity index (χ1) is 35.0. The van der Waals surface area contributed by atoms with Gasteiger partial charge in [0.05, 0.1) is 43.1 Å². The van der Waals surface area contributed by atoms with Crippen molar-refractivity contribution < 1.29 is 31.0 Å². The van der Waals surface area contributed by atoms with Gasteiger partial charge in [-0.3, -0.25) is 14.4 Å². The van der Waals surface area contributed by atoms with Crippen LogP contribution in [-0.2, 0) is 15.7 Å². The molecule has 0 bridgehead atoms. The van der Waals surface area contributed by atoms with Crippen molar-refractivity contribution in [2.45, 2.75) is 112 Å². The van der Waals surface area contributed by atoms with Crippen molar-refractivity contribution in [1.29, 1.82) is 0 Å². The van der Waals surface area contributed by atoms with Crippen LogP contribution in [0.2, 0.25) is 0 Å². The second-order valence-corrected chi connectivity index (χ2v) is 20.2. The molecule has 0 amide bonds. The number of carbonyl (C=O) groups is 1. The second kappa shape index (κ2) is 18.1. The first-order valence-corrected chi connectivity index (χ1v) is 22.7. The molecule has 0 spiro atoms. The molecule has 0 aliphatic heterocycles. The number of imidazole rings is 1. The number of carbonyl (C=O) groups excluding carboxylic acids is 1. The smallest absolute Gasteiger partial charge is 0.372 e. The number of phenols is 1. The molecule has 67 heavy (non-hydrogen) atoms. The van der Waals surface area contributed by atoms with Gasteiger partial charge in [0.2, 0.25) is 0 Å². The molecule has 0 aliphatic rings. The standard InChI is InChI=1S/C60H63N3O4/c1-35(2)41-22-25-53(50(31-41)39-20-23-46(24-21-39)59(7,8)9)63-54-15-13-14-48(55(54)62-57(63)51-33-43(36(3)4)32-49(37(5)6)56(51)64)44-28-45(30-47(29-44)60(10,11)12)52-34-42(26-27-61-52)38-16-18-40(19-17-38)58(65)67-66/h13-37,64,66H,1-12H3/i16D,17D,18D,19D,26D,27D,34D,35D. The number of hydrogen-bond acceptors (Lipinski definition) is 6. The number of nitrogens with zero attached hydrogens (tertiary/aromatic N) is 3. The van der Waals surface area contributed by atoms with Crippen LogP contribution in [0.5, 0.6) is 5.75 Å². The van der Waals surface area contributed by atoms with E-state index in [0.717, 1.165) is 39.1 Å². The highest BCUT2D eigenvalue weighted by Gasteiger charge is 2.26. The molecule has 6 aromatic carbocycles. The second-order valence-electron chi connectivity index (χ2n) is 20.2. The van der Waals surface area contributed by atoms with Crippen LogP contribution in [0.3, 0.4) is 0 Å². The van der Waals surface area contributed by atoms with Crippen molar-refractivity contribution in [3.63, 3.8) is 0 Å². The summed E-state index contributed by atoms with van der Waals surface area (Å²) in [4.78, 5) is 26.1. The van der Waals surface area contributed by atoms with E-state index in [2.05, 4.69) is 99.3 Å². The van der Waals surface area contributed by atoms with Crippen LogP contribution in [0.25, 0.3) is 72.7 Å². The van der Waals surface area contributed by atoms with E-state index in [9.17, 15) is 11.3 Å². The highest BCUT2D eigenvalue weighted by molar-refractivity contribution is 5.98. The molecule has 0 fully saturated rings. The lowest BCUT2D eigenvalue weighted by Crippen LogP contribution is -2.11. The normalized spacial score (nSPS) is 14.0. The van der Waals surface area contributed by atoms with Crippen LogP contribution in [-0.4, -0.2) is 30.9 Å². The molecule has 342 valence electrons. The molecule has 0 unspecified atom stereocenters. The Morgan fingerprint density at radius 3 is 1.97 bits per heavy atom. The van der Waals surface area contributed by atoms with E-state index >= 15 is 0 Å². The third kappa shape index (κ3) is 9.30. The molecule has 0 saturated carbocycles. The minimum absolute atomic E-state index is 0.0258. The Balaban J connectivity index is 1.47. The summed E-state index contributed by atoms with van der Waals surface area (Å²) in [5, 5.41) is 21.5. The van der Waals surface area contributed by atoms with Crippen LogP contribution >= 0.6 is 0 Å². The summed E-state index contributed by atoms with van der Waals surface area (Å²) in [6.45, 7) is 24.7. The molecule has 0 saturated heterocycles. The first kappa shape index (κ1) is 37.3. The van der Waals surface area contributed by atoms with Crippen molar-refractivity contribution in [3.8, 4) is 67.5 Å². The summed E-state index contributed by atoms with van der Waals surface area (Å²) >= 11 is 0. The SMILES string of the molecule is [2H]c1nc(-c2cc(-c3cccc4c3nc(-c3cc(C(C)C)cc(C(C)C)c3O)n4-c3ccc(C([2H])(C)C)cc3-c3ccc(C(C)(C)C)cc3)cc(C(C)(C)C)c2)c([2H])c(-c2c([2H])c([2H])c(C(=O)OO)c([2H])c2[2H])c1[2H]. The van der Waals surface area contributed by atoms with E-state index in [1.54, 1.807) is 0 Å². The molecule has 7 nitrogen and oxygen atoms in total. The number of para-hydroxylation sites is 1. The van der Waals surface area contributed by atoms with Crippen molar-refractivity contribution in [3.05, 3.63) is 167 Å². The monoisotopic (exact) mass is 898 g/mol. The number of aromatic hydroxyl groups is 1. The van der Waals surface area contributed by atoms with E-state index in [1.807, 2.05) is 89.2 Å². The van der Waals surface area contributed by atoms with Gasteiger partial charge in [0, 0.05) is 24.2 Å². The fourth-order valence-electron chi connectivity index (χ4n) is 8.32. The summed E-state index contributed by atoms with van der Waals surface area (Å²) in [6.07, 6.45) is -0.590. The summed E-state index contributed by atoms with van der Waals surface area (Å²) in [7, 11) is 0. The van der Waals surface area contributed by atoms with Crippen LogP contribution < -0.4 is 0 Å². The molecule has 0 atom stereocenters.